The van der Waals surface area contributed by atoms with Gasteiger partial charge >= 0.3 is 5.97 Å². The fourth-order valence-electron chi connectivity index (χ4n) is 1.50. The second kappa shape index (κ2) is 7.38. The van der Waals surface area contributed by atoms with Gasteiger partial charge in [0.15, 0.2) is 0 Å². The lowest BCUT2D eigenvalue weighted by molar-refractivity contribution is -0.145. The first kappa shape index (κ1) is 15.0. The quantitative estimate of drug-likeness (QED) is 0.792. The molecule has 0 amide bonds. The van der Waals surface area contributed by atoms with E-state index in [1.807, 2.05) is 25.1 Å². The third-order valence-electron chi connectivity index (χ3n) is 2.43. The molecule has 1 atom stereocenters. The number of benzene rings is 1. The molecule has 0 radical (unpaired) electrons. The first-order valence-corrected chi connectivity index (χ1v) is 6.66. The van der Waals surface area contributed by atoms with Crippen LogP contribution in [-0.2, 0) is 9.53 Å². The van der Waals surface area contributed by atoms with Crippen LogP contribution in [0.5, 0.6) is 0 Å². The Bertz CT molecular complexity index is 409. The smallest absolute Gasteiger partial charge is 0.308 e. The van der Waals surface area contributed by atoms with E-state index in [0.717, 1.165) is 15.7 Å². The van der Waals surface area contributed by atoms with Crippen molar-refractivity contribution in [3.63, 3.8) is 0 Å². The van der Waals surface area contributed by atoms with Crippen molar-refractivity contribution >= 4 is 27.6 Å². The number of anilines is 1. The molecule has 0 saturated heterocycles. The van der Waals surface area contributed by atoms with Gasteiger partial charge in [-0.2, -0.15) is 0 Å². The van der Waals surface area contributed by atoms with Crippen molar-refractivity contribution in [2.75, 3.05) is 18.5 Å². The highest BCUT2D eigenvalue weighted by Crippen LogP contribution is 2.25. The van der Waals surface area contributed by atoms with Crippen molar-refractivity contribution in [1.29, 1.82) is 0 Å². The fraction of sp³-hybridized carbons (Fsp3) is 0.462. The maximum Gasteiger partial charge on any atom is 0.308 e. The Kier molecular flexibility index (Phi) is 6.15. The van der Waals surface area contributed by atoms with Crippen LogP contribution in [0.15, 0.2) is 22.7 Å². The summed E-state index contributed by atoms with van der Waals surface area (Å²) < 4.78 is 5.74. The number of hydrogen-bond acceptors (Lipinski definition) is 4. The van der Waals surface area contributed by atoms with E-state index >= 15 is 0 Å². The highest BCUT2D eigenvalue weighted by Gasteiger charge is 2.12. The van der Waals surface area contributed by atoms with Crippen LogP contribution in [0.3, 0.4) is 0 Å². The van der Waals surface area contributed by atoms with E-state index in [0.29, 0.717) is 13.2 Å². The first-order valence-electron chi connectivity index (χ1n) is 5.87. The predicted octanol–water partition coefficient (Wildman–Crippen LogP) is 2.48. The standard InChI is InChI=1S/C13H18BrNO3/c1-3-18-12(17)7-10(16)8-15-11-6-4-5-9(2)13(11)14/h4-6,10,15-16H,3,7-8H2,1-2H3. The van der Waals surface area contributed by atoms with Gasteiger partial charge in [-0.25, -0.2) is 0 Å². The minimum Gasteiger partial charge on any atom is -0.466 e. The highest BCUT2D eigenvalue weighted by molar-refractivity contribution is 9.10. The second-order valence-electron chi connectivity index (χ2n) is 3.98. The Balaban J connectivity index is 2.45. The van der Waals surface area contributed by atoms with Gasteiger partial charge in [0.25, 0.3) is 0 Å². The molecular formula is C13H18BrNO3. The number of halogens is 1. The number of aliphatic hydroxyl groups excluding tert-OH is 1. The van der Waals surface area contributed by atoms with Crippen molar-refractivity contribution in [2.45, 2.75) is 26.4 Å². The summed E-state index contributed by atoms with van der Waals surface area (Å²) in [5.74, 6) is -0.380. The number of rotatable bonds is 6. The zero-order chi connectivity index (χ0) is 13.5. The van der Waals surface area contributed by atoms with Gasteiger partial charge in [-0.3, -0.25) is 4.79 Å². The van der Waals surface area contributed by atoms with Crippen molar-refractivity contribution in [3.8, 4) is 0 Å². The van der Waals surface area contributed by atoms with Crippen LogP contribution >= 0.6 is 15.9 Å². The largest absolute Gasteiger partial charge is 0.466 e. The summed E-state index contributed by atoms with van der Waals surface area (Å²) in [4.78, 5) is 11.2. The molecule has 0 heterocycles. The van der Waals surface area contributed by atoms with Crippen molar-refractivity contribution in [1.82, 2.24) is 0 Å². The van der Waals surface area contributed by atoms with E-state index in [2.05, 4.69) is 21.2 Å². The van der Waals surface area contributed by atoms with Gasteiger partial charge in [0.1, 0.15) is 0 Å². The molecule has 5 heteroatoms. The molecule has 100 valence electrons. The molecule has 0 fully saturated rings. The Morgan fingerprint density at radius 2 is 2.28 bits per heavy atom. The van der Waals surface area contributed by atoms with Gasteiger partial charge < -0.3 is 15.2 Å². The van der Waals surface area contributed by atoms with E-state index in [1.54, 1.807) is 6.92 Å². The monoisotopic (exact) mass is 315 g/mol. The molecule has 0 aliphatic carbocycles. The molecule has 4 nitrogen and oxygen atoms in total. The normalized spacial score (nSPS) is 12.0. The third-order valence-corrected chi connectivity index (χ3v) is 3.48. The van der Waals surface area contributed by atoms with Crippen LogP contribution in [0.2, 0.25) is 0 Å². The molecule has 1 aromatic carbocycles. The zero-order valence-corrected chi connectivity index (χ0v) is 12.2. The van der Waals surface area contributed by atoms with Gasteiger partial charge in [-0.05, 0) is 41.4 Å². The lowest BCUT2D eigenvalue weighted by atomic mass is 10.2. The summed E-state index contributed by atoms with van der Waals surface area (Å²) in [5.41, 5.74) is 2.01. The zero-order valence-electron chi connectivity index (χ0n) is 10.6. The number of aliphatic hydroxyl groups is 1. The molecule has 1 rings (SSSR count). The minimum absolute atomic E-state index is 0.00424. The van der Waals surface area contributed by atoms with Crippen LogP contribution in [-0.4, -0.2) is 30.3 Å². The summed E-state index contributed by atoms with van der Waals surface area (Å²) >= 11 is 3.47. The number of aryl methyl sites for hydroxylation is 1. The summed E-state index contributed by atoms with van der Waals surface area (Å²) in [5, 5.41) is 12.8. The van der Waals surface area contributed by atoms with Gasteiger partial charge in [-0.1, -0.05) is 12.1 Å². The maximum atomic E-state index is 11.2. The fourth-order valence-corrected chi connectivity index (χ4v) is 1.90. The molecule has 0 saturated carbocycles. The minimum atomic E-state index is -0.753. The van der Waals surface area contributed by atoms with E-state index in [4.69, 9.17) is 4.74 Å². The molecule has 0 aliphatic rings. The van der Waals surface area contributed by atoms with Gasteiger partial charge in [-0.15, -0.1) is 0 Å². The summed E-state index contributed by atoms with van der Waals surface area (Å²) in [7, 11) is 0. The molecule has 0 bridgehead atoms. The number of carbonyl (C=O) groups is 1. The van der Waals surface area contributed by atoms with Crippen LogP contribution < -0.4 is 5.32 Å². The van der Waals surface area contributed by atoms with E-state index in [-0.39, 0.29) is 12.4 Å². The number of hydrogen-bond donors (Lipinski definition) is 2. The predicted molar refractivity (Wildman–Crippen MR) is 74.6 cm³/mol. The first-order chi connectivity index (χ1) is 8.54. The Morgan fingerprint density at radius 1 is 1.56 bits per heavy atom. The summed E-state index contributed by atoms with van der Waals surface area (Å²) in [6, 6.07) is 5.83. The number of esters is 1. The highest BCUT2D eigenvalue weighted by atomic mass is 79.9. The van der Waals surface area contributed by atoms with Crippen LogP contribution in [0, 0.1) is 6.92 Å². The average Bonchev–Trinajstić information content (AvgIpc) is 2.31. The van der Waals surface area contributed by atoms with Crippen molar-refractivity contribution in [2.24, 2.45) is 0 Å². The van der Waals surface area contributed by atoms with Crippen LogP contribution in [0.4, 0.5) is 5.69 Å². The van der Waals surface area contributed by atoms with Crippen LogP contribution in [0.25, 0.3) is 0 Å². The molecular weight excluding hydrogens is 298 g/mol. The maximum absolute atomic E-state index is 11.2. The van der Waals surface area contributed by atoms with Crippen molar-refractivity contribution < 1.29 is 14.6 Å². The molecule has 0 aromatic heterocycles. The molecule has 2 N–H and O–H groups in total. The topological polar surface area (TPSA) is 58.6 Å². The van der Waals surface area contributed by atoms with E-state index in [9.17, 15) is 9.90 Å². The number of ether oxygens (including phenoxy) is 1. The lowest BCUT2D eigenvalue weighted by Gasteiger charge is -2.14. The lowest BCUT2D eigenvalue weighted by Crippen LogP contribution is -2.24. The SMILES string of the molecule is CCOC(=O)CC(O)CNc1cccc(C)c1Br. The van der Waals surface area contributed by atoms with Gasteiger partial charge in [0.05, 0.1) is 19.1 Å². The average molecular weight is 316 g/mol. The van der Waals surface area contributed by atoms with E-state index in [1.165, 1.54) is 0 Å². The number of carbonyl (C=O) groups excluding carboxylic acids is 1. The molecule has 1 unspecified atom stereocenters. The molecule has 0 spiro atoms. The molecule has 0 aliphatic heterocycles. The summed E-state index contributed by atoms with van der Waals surface area (Å²) in [6.45, 7) is 4.37. The van der Waals surface area contributed by atoms with Gasteiger partial charge in [0, 0.05) is 16.7 Å². The molecule has 18 heavy (non-hydrogen) atoms. The Labute approximate surface area is 115 Å². The van der Waals surface area contributed by atoms with E-state index < -0.39 is 6.10 Å². The Morgan fingerprint density at radius 3 is 2.94 bits per heavy atom. The third kappa shape index (κ3) is 4.66. The number of nitrogens with one attached hydrogen (secondary N) is 1. The summed E-state index contributed by atoms with van der Waals surface area (Å²) in [6.07, 6.45) is -0.749. The van der Waals surface area contributed by atoms with Crippen molar-refractivity contribution in [3.05, 3.63) is 28.2 Å². The second-order valence-corrected chi connectivity index (χ2v) is 4.77. The Hall–Kier alpha value is -1.07. The molecule has 1 aromatic rings. The van der Waals surface area contributed by atoms with Crippen LogP contribution in [0.1, 0.15) is 18.9 Å². The van der Waals surface area contributed by atoms with Gasteiger partial charge in [0.2, 0.25) is 0 Å².